The zero-order valence-corrected chi connectivity index (χ0v) is 5.05. The molecule has 2 N–H and O–H groups in total. The van der Waals surface area contributed by atoms with Crippen molar-refractivity contribution in [3.05, 3.63) is 0 Å². The first-order valence-corrected chi connectivity index (χ1v) is 2.52. The van der Waals surface area contributed by atoms with Crippen molar-refractivity contribution in [3.63, 3.8) is 0 Å². The molecule has 0 aromatic rings. The highest BCUT2D eigenvalue weighted by molar-refractivity contribution is 5.71. The Balaban J connectivity index is 3.64. The van der Waals surface area contributed by atoms with E-state index in [0.29, 0.717) is 0 Å². The van der Waals surface area contributed by atoms with Crippen molar-refractivity contribution in [2.45, 2.75) is 19.9 Å². The molecule has 48 valence electrons. The zero-order valence-electron chi connectivity index (χ0n) is 5.05. The molecule has 0 bridgehead atoms. The predicted molar refractivity (Wildman–Crippen MR) is 27.8 cm³/mol. The Morgan fingerprint density at radius 2 is 2.00 bits per heavy atom. The average Bonchev–Trinajstić information content (AvgIpc) is 1.64. The van der Waals surface area contributed by atoms with E-state index >= 15 is 0 Å². The average molecular weight is 116 g/mol. The van der Waals surface area contributed by atoms with Gasteiger partial charge in [-0.3, -0.25) is 0 Å². The lowest BCUT2D eigenvalue weighted by molar-refractivity contribution is -0.308. The Morgan fingerprint density at radius 1 is 1.62 bits per heavy atom. The van der Waals surface area contributed by atoms with Gasteiger partial charge in [-0.15, -0.1) is 0 Å². The maximum atomic E-state index is 9.90. The Hall–Kier alpha value is -0.570. The fraction of sp³-hybridized carbons (Fsp3) is 0.800. The van der Waals surface area contributed by atoms with Gasteiger partial charge in [0.15, 0.2) is 0 Å². The van der Waals surface area contributed by atoms with Crippen LogP contribution in [-0.2, 0) is 4.79 Å². The van der Waals surface area contributed by atoms with Crippen LogP contribution < -0.4 is 10.8 Å². The van der Waals surface area contributed by atoms with Crippen LogP contribution in [0.25, 0.3) is 0 Å². The van der Waals surface area contributed by atoms with Crippen LogP contribution in [-0.4, -0.2) is 12.0 Å². The first kappa shape index (κ1) is 7.43. The molecular formula is C5H10NO2-. The third kappa shape index (κ3) is 1.93. The smallest absolute Gasteiger partial charge is 0.0584 e. The van der Waals surface area contributed by atoms with Gasteiger partial charge in [-0.1, -0.05) is 13.8 Å². The van der Waals surface area contributed by atoms with Crippen molar-refractivity contribution >= 4 is 5.97 Å². The number of carbonyl (C=O) groups is 1. The molecule has 3 nitrogen and oxygen atoms in total. The number of aliphatic carboxylic acids is 1. The molecule has 0 radical (unpaired) electrons. The summed E-state index contributed by atoms with van der Waals surface area (Å²) in [6.45, 7) is 3.47. The molecule has 0 aliphatic carbocycles. The molecule has 0 aliphatic heterocycles. The summed E-state index contributed by atoms with van der Waals surface area (Å²) < 4.78 is 0. The first-order valence-electron chi connectivity index (χ1n) is 2.52. The zero-order chi connectivity index (χ0) is 6.73. The molecule has 0 heterocycles. The second-order valence-electron chi connectivity index (χ2n) is 2.09. The lowest BCUT2D eigenvalue weighted by Gasteiger charge is -2.15. The van der Waals surface area contributed by atoms with Gasteiger partial charge < -0.3 is 15.6 Å². The molecule has 0 saturated heterocycles. The fourth-order valence-corrected chi connectivity index (χ4v) is 0.272. The largest absolute Gasteiger partial charge is 0.548 e. The Kier molecular flexibility index (Phi) is 2.48. The van der Waals surface area contributed by atoms with Gasteiger partial charge in [-0.05, 0) is 5.92 Å². The Morgan fingerprint density at radius 3 is 2.00 bits per heavy atom. The highest BCUT2D eigenvalue weighted by atomic mass is 16.4. The second-order valence-corrected chi connectivity index (χ2v) is 2.09. The minimum Gasteiger partial charge on any atom is -0.548 e. The number of carbonyl (C=O) groups excluding carboxylic acids is 1. The van der Waals surface area contributed by atoms with Crippen molar-refractivity contribution in [1.29, 1.82) is 0 Å². The molecule has 0 amide bonds. The number of nitrogens with two attached hydrogens (primary N) is 1. The van der Waals surface area contributed by atoms with E-state index < -0.39 is 12.0 Å². The summed E-state index contributed by atoms with van der Waals surface area (Å²) in [7, 11) is 0. The molecule has 0 rings (SSSR count). The summed E-state index contributed by atoms with van der Waals surface area (Å²) in [5.41, 5.74) is 5.10. The number of carboxylic acid groups (broad SMARTS) is 1. The van der Waals surface area contributed by atoms with E-state index in [0.717, 1.165) is 0 Å². The van der Waals surface area contributed by atoms with E-state index in [2.05, 4.69) is 0 Å². The van der Waals surface area contributed by atoms with Gasteiger partial charge >= 0.3 is 0 Å². The number of rotatable bonds is 2. The van der Waals surface area contributed by atoms with Crippen LogP contribution >= 0.6 is 0 Å². The van der Waals surface area contributed by atoms with E-state index in [1.807, 2.05) is 0 Å². The van der Waals surface area contributed by atoms with E-state index in [4.69, 9.17) is 5.73 Å². The lowest BCUT2D eigenvalue weighted by atomic mass is 10.1. The van der Waals surface area contributed by atoms with Crippen molar-refractivity contribution in [2.75, 3.05) is 0 Å². The van der Waals surface area contributed by atoms with Gasteiger partial charge in [-0.25, -0.2) is 0 Å². The molecule has 0 spiro atoms. The SMILES string of the molecule is CC(C)[C@@H](N)C(=O)[O-]. The fourth-order valence-electron chi connectivity index (χ4n) is 0.272. The Bertz CT molecular complexity index is 90.4. The van der Waals surface area contributed by atoms with Gasteiger partial charge in [0, 0.05) is 6.04 Å². The molecular weight excluding hydrogens is 106 g/mol. The number of hydrogen-bond donors (Lipinski definition) is 1. The van der Waals surface area contributed by atoms with Crippen LogP contribution in [0.4, 0.5) is 0 Å². The number of carboxylic acids is 1. The second kappa shape index (κ2) is 2.67. The highest BCUT2D eigenvalue weighted by Gasteiger charge is 2.06. The van der Waals surface area contributed by atoms with Gasteiger partial charge in [0.05, 0.1) is 5.97 Å². The minimum atomic E-state index is -1.18. The summed E-state index contributed by atoms with van der Waals surface area (Å²) >= 11 is 0. The van der Waals surface area contributed by atoms with Crippen LogP contribution in [0.2, 0.25) is 0 Å². The van der Waals surface area contributed by atoms with E-state index in [1.54, 1.807) is 13.8 Å². The third-order valence-electron chi connectivity index (χ3n) is 0.990. The summed E-state index contributed by atoms with van der Waals surface area (Å²) in [5, 5.41) is 9.90. The standard InChI is InChI=1S/C5H11NO2/c1-3(2)4(6)5(7)8/h3-4H,6H2,1-2H3,(H,7,8)/p-1/t4-/m1/s1. The van der Waals surface area contributed by atoms with Crippen LogP contribution in [0, 0.1) is 5.92 Å². The lowest BCUT2D eigenvalue weighted by Crippen LogP contribution is -2.45. The minimum absolute atomic E-state index is 0.0417. The molecule has 0 aromatic carbocycles. The maximum absolute atomic E-state index is 9.90. The molecule has 0 fully saturated rings. The highest BCUT2D eigenvalue weighted by Crippen LogP contribution is 1.94. The van der Waals surface area contributed by atoms with E-state index in [-0.39, 0.29) is 5.92 Å². The van der Waals surface area contributed by atoms with Crippen molar-refractivity contribution in [3.8, 4) is 0 Å². The van der Waals surface area contributed by atoms with Gasteiger partial charge in [-0.2, -0.15) is 0 Å². The molecule has 0 aliphatic rings. The first-order chi connectivity index (χ1) is 3.55. The topological polar surface area (TPSA) is 66.2 Å². The van der Waals surface area contributed by atoms with Crippen molar-refractivity contribution < 1.29 is 9.90 Å². The number of hydrogen-bond acceptors (Lipinski definition) is 3. The molecule has 0 aromatic heterocycles. The van der Waals surface area contributed by atoms with Crippen LogP contribution in [0.15, 0.2) is 0 Å². The van der Waals surface area contributed by atoms with E-state index in [1.165, 1.54) is 0 Å². The molecule has 1 atom stereocenters. The summed E-state index contributed by atoms with van der Waals surface area (Å²) in [4.78, 5) is 9.90. The summed E-state index contributed by atoms with van der Waals surface area (Å²) in [6, 6.07) is -0.824. The third-order valence-corrected chi connectivity index (χ3v) is 0.990. The molecule has 0 unspecified atom stereocenters. The van der Waals surface area contributed by atoms with Gasteiger partial charge in [0.2, 0.25) is 0 Å². The summed E-state index contributed by atoms with van der Waals surface area (Å²) in [5.74, 6) is -1.22. The summed E-state index contributed by atoms with van der Waals surface area (Å²) in [6.07, 6.45) is 0. The Labute approximate surface area is 48.5 Å². The van der Waals surface area contributed by atoms with Gasteiger partial charge in [0.1, 0.15) is 0 Å². The van der Waals surface area contributed by atoms with Crippen LogP contribution in [0.5, 0.6) is 0 Å². The van der Waals surface area contributed by atoms with Crippen molar-refractivity contribution in [2.24, 2.45) is 11.7 Å². The van der Waals surface area contributed by atoms with Crippen molar-refractivity contribution in [1.82, 2.24) is 0 Å². The maximum Gasteiger partial charge on any atom is 0.0584 e. The molecule has 8 heavy (non-hydrogen) atoms. The predicted octanol–water partition coefficient (Wildman–Crippen LogP) is -1.28. The van der Waals surface area contributed by atoms with Crippen LogP contribution in [0.1, 0.15) is 13.8 Å². The molecule has 3 heteroatoms. The normalized spacial score (nSPS) is 14.0. The van der Waals surface area contributed by atoms with Gasteiger partial charge in [0.25, 0.3) is 0 Å². The van der Waals surface area contributed by atoms with E-state index in [9.17, 15) is 9.90 Å². The molecule has 0 saturated carbocycles. The quantitative estimate of drug-likeness (QED) is 0.488. The monoisotopic (exact) mass is 116 g/mol. The van der Waals surface area contributed by atoms with Crippen LogP contribution in [0.3, 0.4) is 0 Å².